The second-order valence-corrected chi connectivity index (χ2v) is 4.75. The van der Waals surface area contributed by atoms with Crippen LogP contribution in [0.25, 0.3) is 0 Å². The molecule has 0 atom stereocenters. The predicted octanol–water partition coefficient (Wildman–Crippen LogP) is 1.13. The summed E-state index contributed by atoms with van der Waals surface area (Å²) in [7, 11) is 0. The summed E-state index contributed by atoms with van der Waals surface area (Å²) in [6.07, 6.45) is 4.00. The van der Waals surface area contributed by atoms with Crippen LogP contribution < -0.4 is 5.32 Å². The van der Waals surface area contributed by atoms with Crippen LogP contribution in [0.3, 0.4) is 0 Å². The van der Waals surface area contributed by atoms with Gasteiger partial charge in [-0.3, -0.25) is 0 Å². The van der Waals surface area contributed by atoms with Gasteiger partial charge in [-0.05, 0) is 47.0 Å². The van der Waals surface area contributed by atoms with Gasteiger partial charge in [-0.1, -0.05) is 0 Å². The Morgan fingerprint density at radius 2 is 1.27 bits per heavy atom. The number of hydrogen-bond donors (Lipinski definition) is 1. The van der Waals surface area contributed by atoms with Gasteiger partial charge < -0.3 is 5.32 Å². The molecule has 66 valence electrons. The lowest BCUT2D eigenvalue weighted by molar-refractivity contribution is 0.183. The highest BCUT2D eigenvalue weighted by molar-refractivity contribution is 5.75. The Morgan fingerprint density at radius 3 is 1.45 bits per heavy atom. The number of nitrogens with one attached hydrogen (secondary N) is 1. The van der Waals surface area contributed by atoms with E-state index in [1.54, 1.807) is 0 Å². The molecule has 1 aliphatic rings. The molecule has 0 aliphatic carbocycles. The molecule has 0 aromatic rings. The average molecular weight is 171 g/mol. The molecule has 0 radical (unpaired) electrons. The van der Waals surface area contributed by atoms with Crippen molar-refractivity contribution in [2.75, 3.05) is 0 Å². The van der Waals surface area contributed by atoms with Crippen LogP contribution in [-0.2, 0) is 0 Å². The maximum absolute atomic E-state index is 3.63. The summed E-state index contributed by atoms with van der Waals surface area (Å²) in [4.78, 5) is 0. The van der Waals surface area contributed by atoms with Crippen molar-refractivity contribution in [3.05, 3.63) is 0 Å². The summed E-state index contributed by atoms with van der Waals surface area (Å²) in [5, 5.41) is 3.63. The molecule has 0 spiro atoms. The summed E-state index contributed by atoms with van der Waals surface area (Å²) < 4.78 is 0. The van der Waals surface area contributed by atoms with Crippen molar-refractivity contribution >= 4 is 17.4 Å². The van der Waals surface area contributed by atoms with E-state index < -0.39 is 0 Å². The van der Waals surface area contributed by atoms with Gasteiger partial charge in [0.2, 0.25) is 0 Å². The molecular weight excluding hydrogens is 149 g/mol. The topological polar surface area (TPSA) is 12.0 Å². The van der Waals surface area contributed by atoms with Crippen LogP contribution in [0.2, 0.25) is 0 Å². The van der Waals surface area contributed by atoms with Crippen LogP contribution >= 0.6 is 0 Å². The maximum Gasteiger partial charge on any atom is 0.187 e. The minimum atomic E-state index is 0. The SMILES string of the molecule is CC1(C)CCCC(C)(C)N1.[AlH3]. The zero-order chi connectivity index (χ0) is 7.83. The Labute approximate surface area is 81.1 Å². The standard InChI is InChI=1S/C9H19N.Al.3H/c1-8(2)6-5-7-9(3,4)10-8;;;;/h10H,5-7H2,1-4H3;;;;. The van der Waals surface area contributed by atoms with E-state index in [9.17, 15) is 0 Å². The Hall–Kier alpha value is 0.492. The van der Waals surface area contributed by atoms with Crippen molar-refractivity contribution in [2.45, 2.75) is 58.0 Å². The lowest BCUT2D eigenvalue weighted by Crippen LogP contribution is -2.55. The first-order chi connectivity index (χ1) is 4.41. The van der Waals surface area contributed by atoms with Crippen LogP contribution in [-0.4, -0.2) is 28.4 Å². The molecule has 1 nitrogen and oxygen atoms in total. The number of rotatable bonds is 0. The highest BCUT2D eigenvalue weighted by Crippen LogP contribution is 2.27. The first kappa shape index (κ1) is 11.5. The van der Waals surface area contributed by atoms with E-state index in [0.717, 1.165) is 0 Å². The van der Waals surface area contributed by atoms with Gasteiger partial charge in [0, 0.05) is 11.1 Å². The molecule has 1 aliphatic heterocycles. The molecule has 0 unspecified atom stereocenters. The quantitative estimate of drug-likeness (QED) is 0.539. The van der Waals surface area contributed by atoms with E-state index in [2.05, 4.69) is 33.0 Å². The lowest BCUT2D eigenvalue weighted by Gasteiger charge is -2.42. The van der Waals surface area contributed by atoms with Crippen molar-refractivity contribution in [2.24, 2.45) is 0 Å². The van der Waals surface area contributed by atoms with E-state index >= 15 is 0 Å². The van der Waals surface area contributed by atoms with Gasteiger partial charge >= 0.3 is 0 Å². The van der Waals surface area contributed by atoms with Gasteiger partial charge in [0.05, 0.1) is 0 Å². The molecule has 0 saturated carbocycles. The Bertz CT molecular complexity index is 116. The molecule has 11 heavy (non-hydrogen) atoms. The molecule has 1 rings (SSSR count). The van der Waals surface area contributed by atoms with Gasteiger partial charge in [-0.2, -0.15) is 0 Å². The van der Waals surface area contributed by atoms with Gasteiger partial charge in [0.1, 0.15) is 0 Å². The predicted molar refractivity (Wildman–Crippen MR) is 55.1 cm³/mol. The van der Waals surface area contributed by atoms with E-state index in [-0.39, 0.29) is 17.4 Å². The van der Waals surface area contributed by atoms with Crippen molar-refractivity contribution < 1.29 is 0 Å². The fraction of sp³-hybridized carbons (Fsp3) is 1.00. The normalized spacial score (nSPS) is 27.3. The van der Waals surface area contributed by atoms with Crippen LogP contribution in [0, 0.1) is 0 Å². The summed E-state index contributed by atoms with van der Waals surface area (Å²) in [5.41, 5.74) is 0.726. The van der Waals surface area contributed by atoms with Crippen LogP contribution in [0.1, 0.15) is 47.0 Å². The highest BCUT2D eigenvalue weighted by Gasteiger charge is 2.31. The van der Waals surface area contributed by atoms with E-state index in [1.165, 1.54) is 19.3 Å². The number of hydrogen-bond acceptors (Lipinski definition) is 1. The second kappa shape index (κ2) is 3.48. The zero-order valence-corrected chi connectivity index (χ0v) is 7.62. The summed E-state index contributed by atoms with van der Waals surface area (Å²) in [6.45, 7) is 9.14. The highest BCUT2D eigenvalue weighted by atomic mass is 27.0. The molecule has 0 aromatic carbocycles. The van der Waals surface area contributed by atoms with Gasteiger partial charge in [-0.25, -0.2) is 0 Å². The Morgan fingerprint density at radius 1 is 0.909 bits per heavy atom. The first-order valence-corrected chi connectivity index (χ1v) is 4.21. The van der Waals surface area contributed by atoms with Crippen molar-refractivity contribution in [3.8, 4) is 0 Å². The van der Waals surface area contributed by atoms with Gasteiger partial charge in [0.15, 0.2) is 17.4 Å². The molecule has 2 heteroatoms. The van der Waals surface area contributed by atoms with E-state index in [1.807, 2.05) is 0 Å². The molecule has 1 N–H and O–H groups in total. The van der Waals surface area contributed by atoms with Gasteiger partial charge in [-0.15, -0.1) is 0 Å². The monoisotopic (exact) mass is 171 g/mol. The zero-order valence-electron chi connectivity index (χ0n) is 7.62. The smallest absolute Gasteiger partial charge is 0.187 e. The molecule has 0 aromatic heterocycles. The summed E-state index contributed by atoms with van der Waals surface area (Å²) in [6, 6.07) is 0. The van der Waals surface area contributed by atoms with Crippen molar-refractivity contribution in [3.63, 3.8) is 0 Å². The molecule has 1 saturated heterocycles. The molecule has 1 fully saturated rings. The third-order valence-electron chi connectivity index (χ3n) is 2.28. The lowest BCUT2D eigenvalue weighted by atomic mass is 9.83. The van der Waals surface area contributed by atoms with Crippen LogP contribution in [0.4, 0.5) is 0 Å². The minimum Gasteiger partial charge on any atom is -0.307 e. The summed E-state index contributed by atoms with van der Waals surface area (Å²) in [5.74, 6) is 0. The largest absolute Gasteiger partial charge is 0.307 e. The average Bonchev–Trinajstić information content (AvgIpc) is 1.56. The maximum atomic E-state index is 3.63. The fourth-order valence-electron chi connectivity index (χ4n) is 2.01. The minimum absolute atomic E-state index is 0. The van der Waals surface area contributed by atoms with E-state index in [0.29, 0.717) is 11.1 Å². The fourth-order valence-corrected chi connectivity index (χ4v) is 2.01. The van der Waals surface area contributed by atoms with Crippen LogP contribution in [0.15, 0.2) is 0 Å². The number of piperidine rings is 1. The third kappa shape index (κ3) is 3.60. The second-order valence-electron chi connectivity index (χ2n) is 4.75. The molecule has 0 amide bonds. The molecular formula is C9H22AlN. The molecule has 1 heterocycles. The first-order valence-electron chi connectivity index (χ1n) is 4.21. The molecule has 0 bridgehead atoms. The van der Waals surface area contributed by atoms with Crippen LogP contribution in [0.5, 0.6) is 0 Å². The van der Waals surface area contributed by atoms with Crippen molar-refractivity contribution in [1.82, 2.24) is 5.32 Å². The summed E-state index contributed by atoms with van der Waals surface area (Å²) >= 11 is 0. The van der Waals surface area contributed by atoms with Crippen molar-refractivity contribution in [1.29, 1.82) is 0 Å². The Balaban J connectivity index is 0.000001000. The van der Waals surface area contributed by atoms with Gasteiger partial charge in [0.25, 0.3) is 0 Å². The van der Waals surface area contributed by atoms with E-state index in [4.69, 9.17) is 0 Å². The Kier molecular flexibility index (Phi) is 3.63. The third-order valence-corrected chi connectivity index (χ3v) is 2.28.